The van der Waals surface area contributed by atoms with Gasteiger partial charge in [-0.1, -0.05) is 89.8 Å². The van der Waals surface area contributed by atoms with Gasteiger partial charge in [0.1, 0.15) is 6.10 Å². The number of amides is 1. The molecule has 1 aromatic carbocycles. The first-order valence-corrected chi connectivity index (χ1v) is 17.4. The van der Waals surface area contributed by atoms with E-state index in [1.54, 1.807) is 6.20 Å². The summed E-state index contributed by atoms with van der Waals surface area (Å²) in [5, 5.41) is 10.2. The van der Waals surface area contributed by atoms with Crippen molar-refractivity contribution in [2.24, 2.45) is 46.3 Å². The predicted molar refractivity (Wildman–Crippen MR) is 174 cm³/mol. The fraction of sp³-hybridized carbons (Fsp3) is 0.692. The Balaban J connectivity index is 1.13. The van der Waals surface area contributed by atoms with Gasteiger partial charge in [0, 0.05) is 12.6 Å². The van der Waals surface area contributed by atoms with Crippen molar-refractivity contribution in [3.8, 4) is 6.07 Å². The zero-order valence-corrected chi connectivity index (χ0v) is 27.6. The summed E-state index contributed by atoms with van der Waals surface area (Å²) in [5.74, 6) is 4.94. The van der Waals surface area contributed by atoms with E-state index in [-0.39, 0.29) is 11.5 Å². The number of rotatable bonds is 6. The smallest absolute Gasteiger partial charge is 0.415 e. The van der Waals surface area contributed by atoms with E-state index in [1.807, 2.05) is 37.3 Å². The van der Waals surface area contributed by atoms with Gasteiger partial charge in [-0.3, -0.25) is 4.90 Å². The van der Waals surface area contributed by atoms with E-state index in [1.165, 1.54) is 61.8 Å². The number of benzene rings is 1. The molecule has 4 nitrogen and oxygen atoms in total. The van der Waals surface area contributed by atoms with E-state index >= 15 is 0 Å². The van der Waals surface area contributed by atoms with Gasteiger partial charge in [-0.15, -0.1) is 0 Å². The normalized spacial score (nSPS) is 38.7. The monoisotopic (exact) mass is 582 g/mol. The lowest BCUT2D eigenvalue weighted by Crippen LogP contribution is -2.51. The van der Waals surface area contributed by atoms with Crippen molar-refractivity contribution in [1.29, 1.82) is 5.26 Å². The van der Waals surface area contributed by atoms with Crippen LogP contribution >= 0.6 is 0 Å². The fourth-order valence-electron chi connectivity index (χ4n) is 10.8. The topological polar surface area (TPSA) is 53.3 Å². The van der Waals surface area contributed by atoms with Crippen molar-refractivity contribution in [3.63, 3.8) is 0 Å². The van der Waals surface area contributed by atoms with Crippen molar-refractivity contribution < 1.29 is 9.53 Å². The predicted octanol–water partition coefficient (Wildman–Crippen LogP) is 10.3. The molecular formula is C39H54N2O2. The molecule has 0 N–H and O–H groups in total. The molecule has 0 aromatic heterocycles. The summed E-state index contributed by atoms with van der Waals surface area (Å²) in [4.78, 5) is 15.0. The average molecular weight is 583 g/mol. The number of carbonyl (C=O) groups excluding carboxylic acids is 1. The van der Waals surface area contributed by atoms with Crippen LogP contribution < -0.4 is 0 Å². The Kier molecular flexibility index (Phi) is 8.10. The van der Waals surface area contributed by atoms with Gasteiger partial charge in [0.05, 0.1) is 6.07 Å². The SMILES string of the molecule is CC(C)CCC[C@@H](C)[C@H]1CC[C@H]2[C@@H]3CC=C4C[C@@H](OC(=O)N5C=Cc6ccccc6C5(C)C#N)CC[C@]4(C)[C@H]3CC[C@]12C. The molecule has 1 aliphatic heterocycles. The van der Waals surface area contributed by atoms with Crippen molar-refractivity contribution in [2.45, 2.75) is 124 Å². The maximum absolute atomic E-state index is 13.5. The Labute approximate surface area is 260 Å². The molecule has 0 saturated heterocycles. The Morgan fingerprint density at radius 3 is 2.60 bits per heavy atom. The third kappa shape index (κ3) is 5.07. The number of fused-ring (bicyclic) bond motifs is 6. The van der Waals surface area contributed by atoms with E-state index in [0.29, 0.717) is 5.41 Å². The van der Waals surface area contributed by atoms with Crippen LogP contribution in [-0.4, -0.2) is 17.1 Å². The molecule has 0 radical (unpaired) electrons. The average Bonchev–Trinajstić information content (AvgIpc) is 3.34. The summed E-state index contributed by atoms with van der Waals surface area (Å²) in [6.07, 6.45) is 19.4. The Bertz CT molecular complexity index is 1320. The molecule has 0 bridgehead atoms. The molecule has 9 atom stereocenters. The third-order valence-electron chi connectivity index (χ3n) is 13.3. The van der Waals surface area contributed by atoms with Crippen LogP contribution in [0.2, 0.25) is 0 Å². The van der Waals surface area contributed by atoms with Crippen LogP contribution in [0.1, 0.15) is 123 Å². The zero-order chi connectivity index (χ0) is 30.6. The van der Waals surface area contributed by atoms with Crippen LogP contribution in [0.5, 0.6) is 0 Å². The summed E-state index contributed by atoms with van der Waals surface area (Å²) in [5.41, 5.74) is 2.99. The van der Waals surface area contributed by atoms with Crippen LogP contribution in [0.25, 0.3) is 6.08 Å². The molecule has 6 rings (SSSR count). The van der Waals surface area contributed by atoms with Crippen molar-refractivity contribution in [2.75, 3.05) is 0 Å². The minimum absolute atomic E-state index is 0.131. The molecule has 232 valence electrons. The van der Waals surface area contributed by atoms with Gasteiger partial charge in [-0.2, -0.15) is 5.26 Å². The van der Waals surface area contributed by atoms with E-state index in [2.05, 4.69) is 46.8 Å². The van der Waals surface area contributed by atoms with Crippen LogP contribution in [0.15, 0.2) is 42.1 Å². The molecule has 1 heterocycles. The molecule has 3 fully saturated rings. The summed E-state index contributed by atoms with van der Waals surface area (Å²) in [6.45, 7) is 14.3. The molecule has 1 aromatic rings. The van der Waals surface area contributed by atoms with Gasteiger partial charge in [0.15, 0.2) is 5.54 Å². The standard InChI is InChI=1S/C39H54N2O2/c1-26(2)10-9-11-27(3)32-16-17-34-31-15-14-29-24-30(18-21-37(29,4)35(31)19-22-38(32,34)5)43-36(42)41-23-20-28-12-7-8-13-33(28)39(41,6)25-40/h7-8,12-14,20,23,26-27,30-32,34-35H,9-11,15-19,21-22,24H2,1-6H3/t27-,30+,31+,32-,34+,35+,37+,38-,39?/m1/s1. The summed E-state index contributed by atoms with van der Waals surface area (Å²) < 4.78 is 6.19. The molecule has 3 saturated carbocycles. The van der Waals surface area contributed by atoms with Crippen LogP contribution in [0.4, 0.5) is 4.79 Å². The number of hydrogen-bond donors (Lipinski definition) is 0. The first kappa shape index (κ1) is 30.5. The first-order valence-electron chi connectivity index (χ1n) is 17.4. The van der Waals surface area contributed by atoms with Crippen LogP contribution in [-0.2, 0) is 10.3 Å². The quantitative estimate of drug-likeness (QED) is 0.314. The highest BCUT2D eigenvalue weighted by molar-refractivity contribution is 5.76. The summed E-state index contributed by atoms with van der Waals surface area (Å²) in [6, 6.07) is 10.2. The number of hydrogen-bond acceptors (Lipinski definition) is 3. The second-order valence-electron chi connectivity index (χ2n) is 16.0. The molecule has 1 unspecified atom stereocenters. The number of allylic oxidation sites excluding steroid dienone is 1. The number of nitriles is 1. The highest BCUT2D eigenvalue weighted by Crippen LogP contribution is 2.67. The number of ether oxygens (including phenoxy) is 1. The highest BCUT2D eigenvalue weighted by Gasteiger charge is 2.59. The zero-order valence-electron chi connectivity index (χ0n) is 27.6. The third-order valence-corrected chi connectivity index (χ3v) is 13.3. The maximum Gasteiger partial charge on any atom is 0.415 e. The van der Waals surface area contributed by atoms with Crippen molar-refractivity contribution in [1.82, 2.24) is 4.90 Å². The van der Waals surface area contributed by atoms with Gasteiger partial charge < -0.3 is 4.74 Å². The fourth-order valence-corrected chi connectivity index (χ4v) is 10.8. The van der Waals surface area contributed by atoms with E-state index in [0.717, 1.165) is 65.9 Å². The molecule has 5 aliphatic rings. The summed E-state index contributed by atoms with van der Waals surface area (Å²) in [7, 11) is 0. The van der Waals surface area contributed by atoms with Gasteiger partial charge in [-0.05, 0) is 115 Å². The Morgan fingerprint density at radius 2 is 1.84 bits per heavy atom. The van der Waals surface area contributed by atoms with Crippen molar-refractivity contribution in [3.05, 3.63) is 53.2 Å². The molecule has 4 heteroatoms. The summed E-state index contributed by atoms with van der Waals surface area (Å²) >= 11 is 0. The molecule has 1 amide bonds. The lowest BCUT2D eigenvalue weighted by Gasteiger charge is -2.58. The maximum atomic E-state index is 13.5. The molecule has 4 aliphatic carbocycles. The van der Waals surface area contributed by atoms with Crippen molar-refractivity contribution >= 4 is 12.2 Å². The van der Waals surface area contributed by atoms with Crippen LogP contribution in [0, 0.1) is 57.7 Å². The minimum Gasteiger partial charge on any atom is -0.445 e. The number of carbonyl (C=O) groups is 1. The number of nitrogens with zero attached hydrogens (tertiary/aromatic N) is 2. The lowest BCUT2D eigenvalue weighted by atomic mass is 9.47. The Hall–Kier alpha value is -2.54. The van der Waals surface area contributed by atoms with Gasteiger partial charge in [0.2, 0.25) is 0 Å². The van der Waals surface area contributed by atoms with Gasteiger partial charge >= 0.3 is 6.09 Å². The van der Waals surface area contributed by atoms with Gasteiger partial charge in [0.25, 0.3) is 0 Å². The van der Waals surface area contributed by atoms with Gasteiger partial charge in [-0.25, -0.2) is 4.79 Å². The Morgan fingerprint density at radius 1 is 1.05 bits per heavy atom. The second kappa shape index (κ2) is 11.4. The second-order valence-corrected chi connectivity index (χ2v) is 16.0. The molecular weight excluding hydrogens is 528 g/mol. The van der Waals surface area contributed by atoms with E-state index in [4.69, 9.17) is 4.74 Å². The first-order chi connectivity index (χ1) is 20.5. The molecule has 0 spiro atoms. The van der Waals surface area contributed by atoms with Crippen LogP contribution in [0.3, 0.4) is 0 Å². The lowest BCUT2D eigenvalue weighted by molar-refractivity contribution is -0.0595. The largest absolute Gasteiger partial charge is 0.445 e. The van der Waals surface area contributed by atoms with E-state index < -0.39 is 11.6 Å². The minimum atomic E-state index is -1.08. The highest BCUT2D eigenvalue weighted by atomic mass is 16.6. The molecule has 43 heavy (non-hydrogen) atoms. The van der Waals surface area contributed by atoms with E-state index in [9.17, 15) is 10.1 Å².